The first-order valence-electron chi connectivity index (χ1n) is 19.1. The van der Waals surface area contributed by atoms with Crippen molar-refractivity contribution in [1.29, 1.82) is 0 Å². The van der Waals surface area contributed by atoms with Crippen LogP contribution in [0.1, 0.15) is 106 Å². The monoisotopic (exact) mass is 734 g/mol. The van der Waals surface area contributed by atoms with Gasteiger partial charge in [0.2, 0.25) is 0 Å². The predicted molar refractivity (Wildman–Crippen MR) is 207 cm³/mol. The summed E-state index contributed by atoms with van der Waals surface area (Å²) in [4.78, 5) is 12.3. The molecule has 0 aromatic heterocycles. The minimum Gasteiger partial charge on any atom is -0.497 e. The number of hydrogen-bond acceptors (Lipinski definition) is 8. The van der Waals surface area contributed by atoms with Gasteiger partial charge in [-0.15, -0.1) is 0 Å². The second kappa shape index (κ2) is 18.0. The molecule has 0 radical (unpaired) electrons. The first kappa shape index (κ1) is 42.9. The van der Waals surface area contributed by atoms with E-state index < -0.39 is 28.0 Å². The van der Waals surface area contributed by atoms with E-state index >= 15 is 0 Å². The molecule has 50 heavy (non-hydrogen) atoms. The van der Waals surface area contributed by atoms with Gasteiger partial charge in [-0.25, -0.2) is 0 Å². The molecule has 3 rings (SSSR count). The van der Waals surface area contributed by atoms with E-state index in [1.807, 2.05) is 24.3 Å². The molecule has 0 aliphatic carbocycles. The van der Waals surface area contributed by atoms with Crippen molar-refractivity contribution in [2.75, 3.05) is 20.3 Å². The van der Waals surface area contributed by atoms with Crippen LogP contribution in [0.3, 0.4) is 0 Å². The van der Waals surface area contributed by atoms with Crippen LogP contribution in [0, 0.1) is 5.92 Å². The lowest BCUT2D eigenvalue weighted by Gasteiger charge is -2.55. The summed E-state index contributed by atoms with van der Waals surface area (Å²) in [5, 5.41) is 0.147. The average Bonchev–Trinajstić information content (AvgIpc) is 3.03. The van der Waals surface area contributed by atoms with Gasteiger partial charge in [0.15, 0.2) is 22.4 Å². The molecule has 8 nitrogen and oxygen atoms in total. The van der Waals surface area contributed by atoms with Crippen molar-refractivity contribution in [3.63, 3.8) is 0 Å². The Bertz CT molecular complexity index is 1220. The molecule has 1 aromatic carbocycles. The molecular weight excluding hydrogens is 665 g/mol. The second-order valence-corrected chi connectivity index (χ2v) is 26.3. The van der Waals surface area contributed by atoms with Gasteiger partial charge in [-0.1, -0.05) is 72.8 Å². The van der Waals surface area contributed by atoms with E-state index in [-0.39, 0.29) is 35.2 Å². The third-order valence-electron chi connectivity index (χ3n) is 11.6. The maximum absolute atomic E-state index is 12.3. The lowest BCUT2D eigenvalue weighted by molar-refractivity contribution is -0.349. The van der Waals surface area contributed by atoms with Crippen molar-refractivity contribution >= 4 is 22.6 Å². The molecule has 2 heterocycles. The SMILES string of the molecule is C=C(C[C@H]1C[C@](C)(O[Si](CC)(CC)CC)C[C@@]2(C[C@@H](OC(C)=O)C[C@H](CCOCc3ccc(OC)cc3)O2)O1)[C@@H](C)CO[Si](C)(C)C(C)(C)C. The summed E-state index contributed by atoms with van der Waals surface area (Å²) < 4.78 is 45.3. The minimum atomic E-state index is -1.99. The molecule has 0 saturated carbocycles. The Morgan fingerprint density at radius 2 is 1.66 bits per heavy atom. The van der Waals surface area contributed by atoms with Gasteiger partial charge >= 0.3 is 5.97 Å². The predicted octanol–water partition coefficient (Wildman–Crippen LogP) is 9.97. The van der Waals surface area contributed by atoms with Crippen LogP contribution in [0.5, 0.6) is 5.75 Å². The molecule has 0 bridgehead atoms. The largest absolute Gasteiger partial charge is 0.497 e. The molecule has 1 aromatic rings. The molecule has 10 heteroatoms. The first-order valence-corrected chi connectivity index (χ1v) is 24.5. The van der Waals surface area contributed by atoms with E-state index in [0.29, 0.717) is 51.9 Å². The third-order valence-corrected chi connectivity index (χ3v) is 20.9. The molecule has 2 aliphatic rings. The maximum atomic E-state index is 12.3. The van der Waals surface area contributed by atoms with Crippen LogP contribution in [0.2, 0.25) is 36.3 Å². The average molecular weight is 735 g/mol. The summed E-state index contributed by atoms with van der Waals surface area (Å²) in [5.41, 5.74) is 1.75. The molecule has 0 N–H and O–H groups in total. The van der Waals surface area contributed by atoms with E-state index in [2.05, 4.69) is 75.1 Å². The Hall–Kier alpha value is -1.54. The molecule has 0 unspecified atom stereocenters. The Morgan fingerprint density at radius 1 is 1.04 bits per heavy atom. The summed E-state index contributed by atoms with van der Waals surface area (Å²) in [6, 6.07) is 11.1. The molecule has 1 spiro atoms. The van der Waals surface area contributed by atoms with Gasteiger partial charge in [-0.2, -0.15) is 0 Å². The Balaban J connectivity index is 1.82. The number of benzene rings is 1. The van der Waals surface area contributed by atoms with Gasteiger partial charge in [0.25, 0.3) is 0 Å². The Morgan fingerprint density at radius 3 is 2.22 bits per heavy atom. The van der Waals surface area contributed by atoms with Gasteiger partial charge in [-0.05, 0) is 79.6 Å². The fraction of sp³-hybridized carbons (Fsp3) is 0.775. The van der Waals surface area contributed by atoms with Crippen molar-refractivity contribution in [3.05, 3.63) is 42.0 Å². The van der Waals surface area contributed by atoms with E-state index in [9.17, 15) is 4.79 Å². The topological polar surface area (TPSA) is 81.7 Å². The summed E-state index contributed by atoms with van der Waals surface area (Å²) >= 11 is 0. The number of rotatable bonds is 18. The lowest BCUT2D eigenvalue weighted by Crippen LogP contribution is -2.61. The number of ether oxygens (including phenoxy) is 5. The number of hydrogen-bond donors (Lipinski definition) is 0. The fourth-order valence-corrected chi connectivity index (χ4v) is 11.5. The lowest BCUT2D eigenvalue weighted by atomic mass is 9.80. The molecular formula is C40H70O8Si2. The molecule has 286 valence electrons. The van der Waals surface area contributed by atoms with Crippen molar-refractivity contribution in [1.82, 2.24) is 0 Å². The van der Waals surface area contributed by atoms with E-state index in [4.69, 9.17) is 32.5 Å². The highest BCUT2D eigenvalue weighted by atomic mass is 28.4. The third kappa shape index (κ3) is 12.0. The minimum absolute atomic E-state index is 0.147. The van der Waals surface area contributed by atoms with Crippen LogP contribution < -0.4 is 4.74 Å². The second-order valence-electron chi connectivity index (χ2n) is 16.8. The number of carbonyl (C=O) groups is 1. The van der Waals surface area contributed by atoms with Gasteiger partial charge in [0.05, 0.1) is 31.5 Å². The van der Waals surface area contributed by atoms with Crippen molar-refractivity contribution in [3.8, 4) is 5.75 Å². The van der Waals surface area contributed by atoms with E-state index in [1.54, 1.807) is 7.11 Å². The summed E-state index contributed by atoms with van der Waals surface area (Å²) in [5.74, 6) is -0.231. The van der Waals surface area contributed by atoms with E-state index in [0.717, 1.165) is 41.4 Å². The van der Waals surface area contributed by atoms with E-state index in [1.165, 1.54) is 6.92 Å². The molecule has 0 amide bonds. The summed E-state index contributed by atoms with van der Waals surface area (Å²) in [6.45, 7) is 30.4. The molecule has 2 fully saturated rings. The van der Waals surface area contributed by atoms with Crippen LogP contribution in [-0.2, 0) is 39.2 Å². The normalized spacial score (nSPS) is 26.8. The zero-order valence-corrected chi connectivity index (χ0v) is 35.6. The van der Waals surface area contributed by atoms with Gasteiger partial charge in [0, 0.05) is 45.8 Å². The van der Waals surface area contributed by atoms with Crippen molar-refractivity contribution < 1.29 is 37.3 Å². The number of carbonyl (C=O) groups excluding carboxylic acids is 1. The maximum Gasteiger partial charge on any atom is 0.302 e. The van der Waals surface area contributed by atoms with Crippen LogP contribution in [0.25, 0.3) is 0 Å². The van der Waals surface area contributed by atoms with Crippen LogP contribution >= 0.6 is 0 Å². The highest BCUT2D eigenvalue weighted by Crippen LogP contribution is 2.49. The van der Waals surface area contributed by atoms with Crippen molar-refractivity contribution in [2.45, 2.75) is 173 Å². The molecule has 6 atom stereocenters. The Labute approximate surface area is 306 Å². The van der Waals surface area contributed by atoms with Gasteiger partial charge in [-0.3, -0.25) is 4.79 Å². The summed E-state index contributed by atoms with van der Waals surface area (Å²) in [7, 11) is -2.21. The highest BCUT2D eigenvalue weighted by molar-refractivity contribution is 6.74. The highest BCUT2D eigenvalue weighted by Gasteiger charge is 2.55. The quantitative estimate of drug-likeness (QED) is 0.0638. The van der Waals surface area contributed by atoms with Crippen LogP contribution in [-0.4, -0.2) is 72.6 Å². The molecule has 2 aliphatic heterocycles. The smallest absolute Gasteiger partial charge is 0.302 e. The molecule has 2 saturated heterocycles. The van der Waals surface area contributed by atoms with Gasteiger partial charge in [0.1, 0.15) is 11.9 Å². The van der Waals surface area contributed by atoms with Crippen LogP contribution in [0.15, 0.2) is 36.4 Å². The van der Waals surface area contributed by atoms with Gasteiger partial charge < -0.3 is 32.5 Å². The number of esters is 1. The number of methoxy groups -OCH3 is 1. The zero-order chi connectivity index (χ0) is 37.4. The standard InChI is InChI=1S/C40H70O8Si2/c1-14-50(15-2,16-3)48-39(10)25-37(23-30(4)31(5)27-44-49(12,13)38(7,8)9)47-40(29-39)26-36(45-32(6)41)24-35(46-40)21-22-43-28-33-17-19-34(42-11)20-18-33/h17-20,31,35-37H,4,14-16,21-29H2,1-3,5-13H3/t31-,35-,36-,37-,39-,40+/m0/s1. The summed E-state index contributed by atoms with van der Waals surface area (Å²) in [6.07, 6.45) is 3.10. The Kier molecular flexibility index (Phi) is 15.4. The van der Waals surface area contributed by atoms with Crippen LogP contribution in [0.4, 0.5) is 0 Å². The van der Waals surface area contributed by atoms with Crippen molar-refractivity contribution in [2.24, 2.45) is 5.92 Å². The first-order chi connectivity index (χ1) is 23.3. The zero-order valence-electron chi connectivity index (χ0n) is 33.6. The fourth-order valence-electron chi connectivity index (χ4n) is 7.29.